The summed E-state index contributed by atoms with van der Waals surface area (Å²) in [6, 6.07) is 4.74. The Morgan fingerprint density at radius 3 is 2.96 bits per heavy atom. The van der Waals surface area contributed by atoms with Crippen LogP contribution in [0.4, 0.5) is 10.5 Å². The quantitative estimate of drug-likeness (QED) is 0.735. The van der Waals surface area contributed by atoms with Gasteiger partial charge in [0.2, 0.25) is 0 Å². The molecule has 0 saturated heterocycles. The minimum Gasteiger partial charge on any atom is -0.382 e. The summed E-state index contributed by atoms with van der Waals surface area (Å²) in [6.45, 7) is 2.13. The lowest BCUT2D eigenvalue weighted by Gasteiger charge is -2.18. The fraction of sp³-hybridized carbons (Fsp3) is 0.333. The summed E-state index contributed by atoms with van der Waals surface area (Å²) in [5.41, 5.74) is 2.02. The van der Waals surface area contributed by atoms with Crippen molar-refractivity contribution >= 4 is 17.4 Å². The Balaban J connectivity index is 1.77. The van der Waals surface area contributed by atoms with Crippen molar-refractivity contribution in [3.63, 3.8) is 0 Å². The van der Waals surface area contributed by atoms with Crippen molar-refractivity contribution in [1.29, 1.82) is 0 Å². The number of rotatable bonds is 5. The third kappa shape index (κ3) is 3.20. The molecule has 0 aliphatic heterocycles. The highest BCUT2D eigenvalue weighted by atomic mass is 16.5. The Morgan fingerprint density at radius 1 is 1.42 bits per heavy atom. The van der Waals surface area contributed by atoms with Gasteiger partial charge in [0.1, 0.15) is 5.82 Å². The van der Waals surface area contributed by atoms with Gasteiger partial charge >= 0.3 is 6.03 Å². The molecule has 0 spiro atoms. The van der Waals surface area contributed by atoms with E-state index in [-0.39, 0.29) is 12.1 Å². The molecule has 0 unspecified atom stereocenters. The van der Waals surface area contributed by atoms with E-state index in [0.29, 0.717) is 23.8 Å². The maximum atomic E-state index is 12.4. The van der Waals surface area contributed by atoms with E-state index in [4.69, 9.17) is 4.74 Å². The molecule has 24 heavy (non-hydrogen) atoms. The second-order valence-corrected chi connectivity index (χ2v) is 5.34. The zero-order valence-corrected chi connectivity index (χ0v) is 13.7. The maximum absolute atomic E-state index is 12.4. The number of aryl methyl sites for hydroxylation is 2. The molecule has 126 valence electrons. The van der Waals surface area contributed by atoms with E-state index < -0.39 is 0 Å². The van der Waals surface area contributed by atoms with Crippen LogP contribution < -0.4 is 10.6 Å². The van der Waals surface area contributed by atoms with Crippen LogP contribution in [-0.2, 0) is 11.8 Å². The predicted molar refractivity (Wildman–Crippen MR) is 87.7 cm³/mol. The van der Waals surface area contributed by atoms with Crippen molar-refractivity contribution in [2.75, 3.05) is 19.0 Å². The number of ether oxygens (including phenoxy) is 1. The summed E-state index contributed by atoms with van der Waals surface area (Å²) in [6.07, 6.45) is 3.46. The molecular formula is C15H19N7O2. The Bertz CT molecular complexity index is 855. The van der Waals surface area contributed by atoms with Gasteiger partial charge in [0.25, 0.3) is 0 Å². The Labute approximate surface area is 138 Å². The molecule has 0 radical (unpaired) electrons. The number of carbonyl (C=O) groups excluding carboxylic acids is 1. The van der Waals surface area contributed by atoms with Gasteiger partial charge < -0.3 is 15.4 Å². The highest BCUT2D eigenvalue weighted by Gasteiger charge is 2.18. The van der Waals surface area contributed by atoms with Gasteiger partial charge in [0.15, 0.2) is 5.65 Å². The molecule has 9 heteroatoms. The molecule has 0 bridgehead atoms. The van der Waals surface area contributed by atoms with Gasteiger partial charge in [-0.25, -0.2) is 14.3 Å². The summed E-state index contributed by atoms with van der Waals surface area (Å²) in [5, 5.41) is 14.0. The van der Waals surface area contributed by atoms with E-state index in [9.17, 15) is 4.79 Å². The number of anilines is 1. The molecule has 2 amide bonds. The first-order valence-electron chi connectivity index (χ1n) is 7.45. The summed E-state index contributed by atoms with van der Waals surface area (Å²) < 4.78 is 8.52. The number of aromatic nitrogens is 5. The lowest BCUT2D eigenvalue weighted by Crippen LogP contribution is -2.35. The maximum Gasteiger partial charge on any atom is 0.319 e. The Kier molecular flexibility index (Phi) is 4.43. The standard InChI is InChI=1S/C15H19N7O2/c1-10-17-14-11(5-4-8-22(14)20-10)18-15(23)19-12(9-24-3)13-6-7-16-21(13)2/h4-8,12H,9H2,1-3H3,(H2,18,19,23)/t12-/m0/s1. The van der Waals surface area contributed by atoms with E-state index in [1.165, 1.54) is 0 Å². The van der Waals surface area contributed by atoms with Crippen molar-refractivity contribution in [2.24, 2.45) is 7.05 Å². The molecule has 0 fully saturated rings. The number of pyridine rings is 1. The molecule has 1 atom stereocenters. The summed E-state index contributed by atoms with van der Waals surface area (Å²) in [7, 11) is 3.40. The number of carbonyl (C=O) groups is 1. The minimum atomic E-state index is -0.355. The summed E-state index contributed by atoms with van der Waals surface area (Å²) >= 11 is 0. The molecule has 3 aromatic rings. The average molecular weight is 329 g/mol. The van der Waals surface area contributed by atoms with Gasteiger partial charge in [-0.2, -0.15) is 10.2 Å². The molecule has 3 aromatic heterocycles. The summed E-state index contributed by atoms with van der Waals surface area (Å²) in [5.74, 6) is 0.636. The Hall–Kier alpha value is -2.94. The monoisotopic (exact) mass is 329 g/mol. The van der Waals surface area contributed by atoms with Gasteiger partial charge in [0.05, 0.1) is 24.0 Å². The molecule has 2 N–H and O–H groups in total. The number of nitrogens with zero attached hydrogens (tertiary/aromatic N) is 5. The molecule has 0 aromatic carbocycles. The molecule has 0 saturated carbocycles. The fourth-order valence-electron chi connectivity index (χ4n) is 2.52. The van der Waals surface area contributed by atoms with Crippen LogP contribution in [0.15, 0.2) is 30.6 Å². The predicted octanol–water partition coefficient (Wildman–Crippen LogP) is 1.28. The van der Waals surface area contributed by atoms with E-state index in [1.54, 1.807) is 47.8 Å². The molecule has 0 aliphatic rings. The fourth-order valence-corrected chi connectivity index (χ4v) is 2.52. The Morgan fingerprint density at radius 2 is 2.25 bits per heavy atom. The minimum absolute atomic E-state index is 0.318. The lowest BCUT2D eigenvalue weighted by atomic mass is 10.2. The van der Waals surface area contributed by atoms with Crippen LogP contribution in [0.5, 0.6) is 0 Å². The van der Waals surface area contributed by atoms with Gasteiger partial charge in [0, 0.05) is 26.6 Å². The zero-order valence-electron chi connectivity index (χ0n) is 13.7. The van der Waals surface area contributed by atoms with E-state index in [1.807, 2.05) is 13.1 Å². The number of amides is 2. The SMILES string of the molecule is COC[C@H](NC(=O)Nc1cccn2nc(C)nc12)c1ccnn1C. The van der Waals surface area contributed by atoms with Gasteiger partial charge in [-0.05, 0) is 25.1 Å². The van der Waals surface area contributed by atoms with Crippen LogP contribution in [0.3, 0.4) is 0 Å². The largest absolute Gasteiger partial charge is 0.382 e. The van der Waals surface area contributed by atoms with Crippen LogP contribution in [0.1, 0.15) is 17.6 Å². The van der Waals surface area contributed by atoms with E-state index in [2.05, 4.69) is 25.8 Å². The molecule has 9 nitrogen and oxygen atoms in total. The summed E-state index contributed by atoms with van der Waals surface area (Å²) in [4.78, 5) is 16.7. The van der Waals surface area contributed by atoms with Crippen molar-refractivity contribution in [3.05, 3.63) is 42.1 Å². The number of methoxy groups -OCH3 is 1. The third-order valence-electron chi connectivity index (χ3n) is 3.57. The smallest absolute Gasteiger partial charge is 0.319 e. The first-order valence-corrected chi connectivity index (χ1v) is 7.45. The lowest BCUT2D eigenvalue weighted by molar-refractivity contribution is 0.165. The van der Waals surface area contributed by atoms with Crippen LogP contribution >= 0.6 is 0 Å². The van der Waals surface area contributed by atoms with Crippen molar-refractivity contribution in [2.45, 2.75) is 13.0 Å². The highest BCUT2D eigenvalue weighted by Crippen LogP contribution is 2.16. The first-order chi connectivity index (χ1) is 11.6. The van der Waals surface area contributed by atoms with Crippen LogP contribution in [0.2, 0.25) is 0 Å². The van der Waals surface area contributed by atoms with Crippen LogP contribution in [0, 0.1) is 6.92 Å². The van der Waals surface area contributed by atoms with Crippen molar-refractivity contribution in [3.8, 4) is 0 Å². The number of hydrogen-bond donors (Lipinski definition) is 2. The number of fused-ring (bicyclic) bond motifs is 1. The third-order valence-corrected chi connectivity index (χ3v) is 3.57. The van der Waals surface area contributed by atoms with Gasteiger partial charge in [-0.3, -0.25) is 4.68 Å². The second kappa shape index (κ2) is 6.67. The number of nitrogens with one attached hydrogen (secondary N) is 2. The van der Waals surface area contributed by atoms with Crippen molar-refractivity contribution < 1.29 is 9.53 Å². The topological polar surface area (TPSA) is 98.4 Å². The molecular weight excluding hydrogens is 310 g/mol. The van der Waals surface area contributed by atoms with Gasteiger partial charge in [-0.15, -0.1) is 0 Å². The second-order valence-electron chi connectivity index (χ2n) is 5.34. The number of hydrogen-bond acceptors (Lipinski definition) is 5. The van der Waals surface area contributed by atoms with E-state index >= 15 is 0 Å². The molecule has 0 aliphatic carbocycles. The highest BCUT2D eigenvalue weighted by molar-refractivity contribution is 5.93. The zero-order chi connectivity index (χ0) is 17.1. The number of urea groups is 1. The van der Waals surface area contributed by atoms with Crippen LogP contribution in [0.25, 0.3) is 5.65 Å². The molecule has 3 rings (SSSR count). The first kappa shape index (κ1) is 15.9. The molecule has 3 heterocycles. The average Bonchev–Trinajstić information content (AvgIpc) is 3.12. The van der Waals surface area contributed by atoms with Crippen LogP contribution in [-0.4, -0.2) is 44.1 Å². The van der Waals surface area contributed by atoms with E-state index in [0.717, 1.165) is 5.69 Å². The normalized spacial score (nSPS) is 12.3. The van der Waals surface area contributed by atoms with Gasteiger partial charge in [-0.1, -0.05) is 0 Å². The van der Waals surface area contributed by atoms with Crippen molar-refractivity contribution in [1.82, 2.24) is 29.7 Å².